The molecule has 0 aromatic carbocycles. The molecule has 1 aromatic heterocycles. The van der Waals surface area contributed by atoms with Crippen molar-refractivity contribution in [3.8, 4) is 6.07 Å². The number of aromatic nitrogens is 1. The van der Waals surface area contributed by atoms with Crippen LogP contribution >= 0.6 is 0 Å². The van der Waals surface area contributed by atoms with E-state index < -0.39 is 5.54 Å². The summed E-state index contributed by atoms with van der Waals surface area (Å²) in [4.78, 5) is 21.0. The molecule has 0 bridgehead atoms. The molecule has 0 spiro atoms. The fraction of sp³-hybridized carbons (Fsp3) is 0.588. The predicted molar refractivity (Wildman–Crippen MR) is 87.8 cm³/mol. The molecule has 1 saturated heterocycles. The summed E-state index contributed by atoms with van der Waals surface area (Å²) in [6, 6.07) is 8.21. The van der Waals surface area contributed by atoms with Gasteiger partial charge in [0.2, 0.25) is 5.91 Å². The fourth-order valence-electron chi connectivity index (χ4n) is 3.13. The van der Waals surface area contributed by atoms with Gasteiger partial charge in [0.1, 0.15) is 11.4 Å². The van der Waals surface area contributed by atoms with Gasteiger partial charge in [0.25, 0.3) is 0 Å². The Balaban J connectivity index is 1.39. The van der Waals surface area contributed by atoms with Crippen molar-refractivity contribution in [2.45, 2.75) is 31.2 Å². The van der Waals surface area contributed by atoms with Gasteiger partial charge in [-0.1, -0.05) is 6.07 Å². The lowest BCUT2D eigenvalue weighted by atomic mass is 9.78. The van der Waals surface area contributed by atoms with E-state index in [1.807, 2.05) is 24.4 Å². The van der Waals surface area contributed by atoms with E-state index in [0.717, 1.165) is 57.8 Å². The van der Waals surface area contributed by atoms with Crippen LogP contribution in [0, 0.1) is 11.3 Å². The first kappa shape index (κ1) is 15.8. The third-order valence-corrected chi connectivity index (χ3v) is 4.80. The Bertz CT molecular complexity index is 570. The van der Waals surface area contributed by atoms with Gasteiger partial charge in [-0.2, -0.15) is 5.26 Å². The summed E-state index contributed by atoms with van der Waals surface area (Å²) in [7, 11) is 0. The zero-order valence-corrected chi connectivity index (χ0v) is 13.4. The number of piperazine rings is 1. The van der Waals surface area contributed by atoms with E-state index in [-0.39, 0.29) is 5.91 Å². The number of nitriles is 1. The number of carbonyl (C=O) groups excluding carboxylic acids is 1. The topological polar surface area (TPSA) is 72.3 Å². The number of nitrogens with one attached hydrogen (secondary N) is 1. The average Bonchev–Trinajstić information content (AvgIpc) is 2.57. The van der Waals surface area contributed by atoms with Crippen LogP contribution < -0.4 is 10.2 Å². The number of hydrogen-bond donors (Lipinski definition) is 1. The number of nitrogens with zero attached hydrogens (tertiary/aromatic N) is 4. The SMILES string of the molecule is N#CC1(NC(=O)CCN2CCN(c3ccccn3)CC2)CCC1. The van der Waals surface area contributed by atoms with Gasteiger partial charge in [0.05, 0.1) is 6.07 Å². The first-order valence-electron chi connectivity index (χ1n) is 8.31. The Morgan fingerprint density at radius 3 is 2.65 bits per heavy atom. The van der Waals surface area contributed by atoms with Gasteiger partial charge in [-0.3, -0.25) is 9.69 Å². The highest BCUT2D eigenvalue weighted by Gasteiger charge is 2.38. The monoisotopic (exact) mass is 313 g/mol. The smallest absolute Gasteiger partial charge is 0.222 e. The van der Waals surface area contributed by atoms with Crippen molar-refractivity contribution < 1.29 is 4.79 Å². The number of carbonyl (C=O) groups is 1. The number of anilines is 1. The van der Waals surface area contributed by atoms with Crippen molar-refractivity contribution in [3.63, 3.8) is 0 Å². The Labute approximate surface area is 137 Å². The number of hydrogen-bond acceptors (Lipinski definition) is 5. The van der Waals surface area contributed by atoms with E-state index in [1.54, 1.807) is 0 Å². The van der Waals surface area contributed by atoms with Gasteiger partial charge in [0, 0.05) is 45.3 Å². The van der Waals surface area contributed by atoms with E-state index in [2.05, 4.69) is 26.2 Å². The van der Waals surface area contributed by atoms with Gasteiger partial charge in [-0.15, -0.1) is 0 Å². The lowest BCUT2D eigenvalue weighted by Crippen LogP contribution is -2.53. The average molecular weight is 313 g/mol. The molecule has 6 heteroatoms. The van der Waals surface area contributed by atoms with Gasteiger partial charge in [-0.05, 0) is 31.4 Å². The molecule has 1 N–H and O–H groups in total. The molecule has 0 radical (unpaired) electrons. The largest absolute Gasteiger partial charge is 0.354 e. The standard InChI is InChI=1S/C17H23N5O/c18-14-17(6-3-7-17)20-16(23)5-9-21-10-12-22(13-11-21)15-4-1-2-8-19-15/h1-2,4,8H,3,5-7,9-13H2,(H,20,23). The Morgan fingerprint density at radius 1 is 1.30 bits per heavy atom. The molecule has 0 atom stereocenters. The summed E-state index contributed by atoms with van der Waals surface area (Å²) in [6.07, 6.45) is 4.89. The molecule has 1 aromatic rings. The van der Waals surface area contributed by atoms with Gasteiger partial charge >= 0.3 is 0 Å². The Morgan fingerprint density at radius 2 is 2.09 bits per heavy atom. The molecule has 2 fully saturated rings. The zero-order chi connectivity index (χ0) is 16.1. The highest BCUT2D eigenvalue weighted by Crippen LogP contribution is 2.30. The fourth-order valence-corrected chi connectivity index (χ4v) is 3.13. The molecule has 6 nitrogen and oxygen atoms in total. The summed E-state index contributed by atoms with van der Waals surface area (Å²) in [5, 5.41) is 12.1. The van der Waals surface area contributed by atoms with Crippen LogP contribution in [-0.2, 0) is 4.79 Å². The predicted octanol–water partition coefficient (Wildman–Crippen LogP) is 1.16. The molecule has 2 aliphatic rings. The van der Waals surface area contributed by atoms with Gasteiger partial charge in [-0.25, -0.2) is 4.98 Å². The molecular formula is C17H23N5O. The normalized spacial score (nSPS) is 20.4. The first-order valence-corrected chi connectivity index (χ1v) is 8.31. The summed E-state index contributed by atoms with van der Waals surface area (Å²) in [5.74, 6) is 1.02. The molecule has 122 valence electrons. The zero-order valence-electron chi connectivity index (χ0n) is 13.4. The summed E-state index contributed by atoms with van der Waals surface area (Å²) in [6.45, 7) is 4.49. The summed E-state index contributed by atoms with van der Waals surface area (Å²) >= 11 is 0. The minimum atomic E-state index is -0.575. The van der Waals surface area contributed by atoms with Crippen LogP contribution in [-0.4, -0.2) is 54.1 Å². The van der Waals surface area contributed by atoms with Gasteiger partial charge < -0.3 is 10.2 Å². The number of rotatable bonds is 5. The van der Waals surface area contributed by atoms with Crippen LogP contribution in [0.2, 0.25) is 0 Å². The Hall–Kier alpha value is -2.13. The molecule has 23 heavy (non-hydrogen) atoms. The number of amides is 1. The molecule has 0 unspecified atom stereocenters. The van der Waals surface area contributed by atoms with Crippen LogP contribution in [0.15, 0.2) is 24.4 Å². The third kappa shape index (κ3) is 3.80. The molecule has 1 aliphatic heterocycles. The highest BCUT2D eigenvalue weighted by atomic mass is 16.1. The van der Waals surface area contributed by atoms with E-state index in [4.69, 9.17) is 5.26 Å². The highest BCUT2D eigenvalue weighted by molar-refractivity contribution is 5.77. The Kier molecular flexibility index (Phi) is 4.77. The van der Waals surface area contributed by atoms with Crippen molar-refractivity contribution in [2.75, 3.05) is 37.6 Å². The molecular weight excluding hydrogens is 290 g/mol. The maximum absolute atomic E-state index is 12.0. The maximum Gasteiger partial charge on any atom is 0.222 e. The van der Waals surface area contributed by atoms with Crippen LogP contribution in [0.5, 0.6) is 0 Å². The summed E-state index contributed by atoms with van der Waals surface area (Å²) < 4.78 is 0. The van der Waals surface area contributed by atoms with Crippen molar-refractivity contribution >= 4 is 11.7 Å². The minimum absolute atomic E-state index is 0.00148. The molecule has 3 rings (SSSR count). The first-order chi connectivity index (χ1) is 11.2. The van der Waals surface area contributed by atoms with Gasteiger partial charge in [0.15, 0.2) is 0 Å². The summed E-state index contributed by atoms with van der Waals surface area (Å²) in [5.41, 5.74) is -0.575. The van der Waals surface area contributed by atoms with Crippen LogP contribution in [0.1, 0.15) is 25.7 Å². The van der Waals surface area contributed by atoms with Crippen LogP contribution in [0.4, 0.5) is 5.82 Å². The molecule has 1 amide bonds. The van der Waals surface area contributed by atoms with E-state index >= 15 is 0 Å². The number of pyridine rings is 1. The lowest BCUT2D eigenvalue weighted by molar-refractivity contribution is -0.123. The van der Waals surface area contributed by atoms with Crippen molar-refractivity contribution in [3.05, 3.63) is 24.4 Å². The second-order valence-electron chi connectivity index (χ2n) is 6.36. The van der Waals surface area contributed by atoms with Crippen molar-refractivity contribution in [1.82, 2.24) is 15.2 Å². The van der Waals surface area contributed by atoms with E-state index in [0.29, 0.717) is 6.42 Å². The lowest BCUT2D eigenvalue weighted by Gasteiger charge is -2.37. The van der Waals surface area contributed by atoms with Crippen LogP contribution in [0.25, 0.3) is 0 Å². The quantitative estimate of drug-likeness (QED) is 0.883. The van der Waals surface area contributed by atoms with Crippen molar-refractivity contribution in [1.29, 1.82) is 5.26 Å². The van der Waals surface area contributed by atoms with Crippen LogP contribution in [0.3, 0.4) is 0 Å². The molecule has 1 aliphatic carbocycles. The molecule has 1 saturated carbocycles. The third-order valence-electron chi connectivity index (χ3n) is 4.80. The van der Waals surface area contributed by atoms with E-state index in [9.17, 15) is 4.79 Å². The molecule has 2 heterocycles. The van der Waals surface area contributed by atoms with Crippen molar-refractivity contribution in [2.24, 2.45) is 0 Å². The maximum atomic E-state index is 12.0. The minimum Gasteiger partial charge on any atom is -0.354 e. The van der Waals surface area contributed by atoms with E-state index in [1.165, 1.54) is 0 Å². The second-order valence-corrected chi connectivity index (χ2v) is 6.36. The second kappa shape index (κ2) is 6.97.